The van der Waals surface area contributed by atoms with E-state index in [0.717, 1.165) is 16.9 Å². The maximum Gasteiger partial charge on any atom is 0.278 e. The summed E-state index contributed by atoms with van der Waals surface area (Å²) in [6.07, 6.45) is 0.846. The van der Waals surface area contributed by atoms with E-state index in [1.807, 2.05) is 54.6 Å². The number of hydrogen-bond donors (Lipinski definition) is 0. The fourth-order valence-corrected chi connectivity index (χ4v) is 5.27. The summed E-state index contributed by atoms with van der Waals surface area (Å²) in [6.45, 7) is 1.58. The number of amides is 2. The van der Waals surface area contributed by atoms with Crippen LogP contribution in [0.15, 0.2) is 94.4 Å². The molecule has 160 valence electrons. The van der Waals surface area contributed by atoms with E-state index in [0.29, 0.717) is 28.7 Å². The molecule has 6 heteroatoms. The minimum Gasteiger partial charge on any atom is -0.361 e. The van der Waals surface area contributed by atoms with Crippen molar-refractivity contribution in [1.29, 1.82) is 0 Å². The second-order valence-electron chi connectivity index (χ2n) is 7.86. The third-order valence-corrected chi connectivity index (χ3v) is 7.10. The first-order valence-electron chi connectivity index (χ1n) is 10.5. The van der Waals surface area contributed by atoms with Gasteiger partial charge in [0.05, 0.1) is 6.54 Å². The predicted molar refractivity (Wildman–Crippen MR) is 127 cm³/mol. The minimum absolute atomic E-state index is 0.227. The van der Waals surface area contributed by atoms with Crippen molar-refractivity contribution >= 4 is 35.2 Å². The van der Waals surface area contributed by atoms with Gasteiger partial charge in [-0.25, -0.2) is 0 Å². The lowest BCUT2D eigenvalue weighted by Gasteiger charge is -2.31. The van der Waals surface area contributed by atoms with Gasteiger partial charge in [0.1, 0.15) is 10.6 Å². The fourth-order valence-electron chi connectivity index (χ4n) is 4.13. The molecule has 2 aliphatic rings. The molecule has 0 saturated heterocycles. The average Bonchev–Trinajstić information content (AvgIpc) is 3.05. The molecular weight excluding hydrogens is 440 g/mol. The molecular formula is C26H21ClN2O2S. The molecule has 0 fully saturated rings. The molecule has 0 atom stereocenters. The normalized spacial score (nSPS) is 16.0. The molecule has 0 saturated carbocycles. The van der Waals surface area contributed by atoms with E-state index in [1.54, 1.807) is 12.1 Å². The zero-order valence-electron chi connectivity index (χ0n) is 17.3. The number of nitrogens with zero attached hydrogens (tertiary/aromatic N) is 2. The molecule has 2 aliphatic heterocycles. The lowest BCUT2D eigenvalue weighted by Crippen LogP contribution is -2.37. The summed E-state index contributed by atoms with van der Waals surface area (Å²) in [5, 5.41) is 0.635. The smallest absolute Gasteiger partial charge is 0.278 e. The molecule has 0 unspecified atom stereocenters. The topological polar surface area (TPSA) is 40.6 Å². The Morgan fingerprint density at radius 3 is 2.25 bits per heavy atom. The second-order valence-corrected chi connectivity index (χ2v) is 9.38. The molecule has 0 bridgehead atoms. The second kappa shape index (κ2) is 8.85. The molecule has 0 spiro atoms. The van der Waals surface area contributed by atoms with E-state index >= 15 is 0 Å². The summed E-state index contributed by atoms with van der Waals surface area (Å²) >= 11 is 7.37. The van der Waals surface area contributed by atoms with Crippen molar-refractivity contribution in [1.82, 2.24) is 9.80 Å². The van der Waals surface area contributed by atoms with Crippen LogP contribution < -0.4 is 0 Å². The summed E-state index contributed by atoms with van der Waals surface area (Å²) in [5.41, 5.74) is 3.92. The van der Waals surface area contributed by atoms with Crippen LogP contribution in [0.25, 0.3) is 0 Å². The molecule has 5 rings (SSSR count). The van der Waals surface area contributed by atoms with E-state index < -0.39 is 0 Å². The van der Waals surface area contributed by atoms with Crippen LogP contribution in [0.1, 0.15) is 16.7 Å². The summed E-state index contributed by atoms with van der Waals surface area (Å²) in [7, 11) is 0. The van der Waals surface area contributed by atoms with Crippen LogP contribution in [0.2, 0.25) is 5.02 Å². The number of benzene rings is 3. The van der Waals surface area contributed by atoms with Crippen molar-refractivity contribution in [2.24, 2.45) is 0 Å². The Labute approximate surface area is 196 Å². The molecule has 3 aromatic rings. The van der Waals surface area contributed by atoms with Gasteiger partial charge >= 0.3 is 0 Å². The van der Waals surface area contributed by atoms with Gasteiger partial charge in [0, 0.05) is 23.0 Å². The summed E-state index contributed by atoms with van der Waals surface area (Å²) < 4.78 is 0. The lowest BCUT2D eigenvalue weighted by atomic mass is 9.99. The third-order valence-electron chi connectivity index (χ3n) is 5.77. The van der Waals surface area contributed by atoms with Gasteiger partial charge < -0.3 is 4.90 Å². The molecule has 0 radical (unpaired) electrons. The standard InChI is InChI=1S/C26H21ClN2O2S/c27-21-10-12-22(13-11-21)32-24-23(28-15-14-19-8-4-5-9-20(19)17-28)25(30)29(26(24)31)16-18-6-2-1-3-7-18/h1-13H,14-17H2. The molecule has 32 heavy (non-hydrogen) atoms. The zero-order valence-corrected chi connectivity index (χ0v) is 18.9. The quantitative estimate of drug-likeness (QED) is 0.486. The van der Waals surface area contributed by atoms with Crippen molar-refractivity contribution in [3.63, 3.8) is 0 Å². The average molecular weight is 461 g/mol. The highest BCUT2D eigenvalue weighted by Crippen LogP contribution is 2.39. The van der Waals surface area contributed by atoms with E-state index in [2.05, 4.69) is 17.0 Å². The number of hydrogen-bond acceptors (Lipinski definition) is 4. The van der Waals surface area contributed by atoms with E-state index in [1.165, 1.54) is 27.8 Å². The van der Waals surface area contributed by atoms with Gasteiger partial charge in [-0.2, -0.15) is 0 Å². The van der Waals surface area contributed by atoms with Gasteiger partial charge in [-0.1, -0.05) is 78.0 Å². The van der Waals surface area contributed by atoms with Crippen LogP contribution >= 0.6 is 23.4 Å². The van der Waals surface area contributed by atoms with Crippen LogP contribution in [-0.2, 0) is 29.1 Å². The first-order valence-corrected chi connectivity index (χ1v) is 11.7. The SMILES string of the molecule is O=C1C(Sc2ccc(Cl)cc2)=C(N2CCc3ccccc3C2)C(=O)N1Cc1ccccc1. The molecule has 0 N–H and O–H groups in total. The zero-order chi connectivity index (χ0) is 22.1. The lowest BCUT2D eigenvalue weighted by molar-refractivity contribution is -0.138. The molecule has 2 heterocycles. The molecule has 2 amide bonds. The third kappa shape index (κ3) is 4.06. The van der Waals surface area contributed by atoms with Crippen molar-refractivity contribution in [2.75, 3.05) is 6.54 Å². The number of fused-ring (bicyclic) bond motifs is 1. The Balaban J connectivity index is 1.50. The number of carbonyl (C=O) groups excluding carboxylic acids is 2. The first kappa shape index (κ1) is 20.9. The van der Waals surface area contributed by atoms with Crippen LogP contribution in [-0.4, -0.2) is 28.2 Å². The molecule has 0 aliphatic carbocycles. The number of imide groups is 1. The highest BCUT2D eigenvalue weighted by atomic mass is 35.5. The fraction of sp³-hybridized carbons (Fsp3) is 0.154. The molecule has 0 aromatic heterocycles. The largest absolute Gasteiger partial charge is 0.361 e. The Kier molecular flexibility index (Phi) is 5.77. The number of carbonyl (C=O) groups is 2. The maximum atomic E-state index is 13.6. The van der Waals surface area contributed by atoms with Crippen LogP contribution in [0, 0.1) is 0 Å². The van der Waals surface area contributed by atoms with E-state index in [9.17, 15) is 9.59 Å². The van der Waals surface area contributed by atoms with Crippen molar-refractivity contribution in [3.8, 4) is 0 Å². The van der Waals surface area contributed by atoms with Crippen LogP contribution in [0.4, 0.5) is 0 Å². The van der Waals surface area contributed by atoms with Gasteiger partial charge in [-0.3, -0.25) is 14.5 Å². The first-order chi connectivity index (χ1) is 15.6. The van der Waals surface area contributed by atoms with Gasteiger partial charge in [-0.05, 0) is 47.4 Å². The minimum atomic E-state index is -0.243. The maximum absolute atomic E-state index is 13.6. The summed E-state index contributed by atoms with van der Waals surface area (Å²) in [6, 6.07) is 25.3. The summed E-state index contributed by atoms with van der Waals surface area (Å²) in [5.74, 6) is -0.470. The van der Waals surface area contributed by atoms with Crippen LogP contribution in [0.5, 0.6) is 0 Å². The van der Waals surface area contributed by atoms with Crippen molar-refractivity contribution in [3.05, 3.63) is 111 Å². The summed E-state index contributed by atoms with van der Waals surface area (Å²) in [4.78, 5) is 31.8. The number of thioether (sulfide) groups is 1. The van der Waals surface area contributed by atoms with Gasteiger partial charge in [0.25, 0.3) is 11.8 Å². The number of halogens is 1. The van der Waals surface area contributed by atoms with Gasteiger partial charge in [0.2, 0.25) is 0 Å². The Morgan fingerprint density at radius 1 is 0.812 bits per heavy atom. The van der Waals surface area contributed by atoms with Crippen molar-refractivity contribution < 1.29 is 9.59 Å². The highest BCUT2D eigenvalue weighted by Gasteiger charge is 2.42. The van der Waals surface area contributed by atoms with Gasteiger partial charge in [0.15, 0.2) is 0 Å². The molecule has 3 aromatic carbocycles. The van der Waals surface area contributed by atoms with Crippen molar-refractivity contribution in [2.45, 2.75) is 24.4 Å². The molecule has 4 nitrogen and oxygen atoms in total. The number of rotatable bonds is 5. The van der Waals surface area contributed by atoms with Crippen LogP contribution in [0.3, 0.4) is 0 Å². The Bertz CT molecular complexity index is 1210. The van der Waals surface area contributed by atoms with Gasteiger partial charge in [-0.15, -0.1) is 0 Å². The van der Waals surface area contributed by atoms with E-state index in [-0.39, 0.29) is 18.4 Å². The highest BCUT2D eigenvalue weighted by molar-refractivity contribution is 8.04. The van der Waals surface area contributed by atoms with E-state index in [4.69, 9.17) is 11.6 Å². The Hall–Kier alpha value is -3.02. The predicted octanol–water partition coefficient (Wildman–Crippen LogP) is 5.27. The monoisotopic (exact) mass is 460 g/mol. The Morgan fingerprint density at radius 2 is 1.50 bits per heavy atom.